The number of nitrogens with one attached hydrogen (secondary N) is 1. The number of hydrazine groups is 1. The lowest BCUT2D eigenvalue weighted by Crippen LogP contribution is -2.44. The van der Waals surface area contributed by atoms with Gasteiger partial charge in [0.25, 0.3) is 15.9 Å². The SMILES string of the molecule is Cc1ccc(S(=O)(=O)NN2C(=O)/C(=C\c3cccc(OCC(=O)O)c3)SC2=S)cc1. The topological polar surface area (TPSA) is 113 Å². The third-order valence-corrected chi connectivity index (χ3v) is 6.47. The summed E-state index contributed by atoms with van der Waals surface area (Å²) < 4.78 is 30.3. The molecule has 3 rings (SSSR count). The molecule has 156 valence electrons. The Labute approximate surface area is 182 Å². The summed E-state index contributed by atoms with van der Waals surface area (Å²) >= 11 is 6.10. The number of thioether (sulfide) groups is 1. The minimum absolute atomic E-state index is 0.00871. The molecule has 1 amide bonds. The summed E-state index contributed by atoms with van der Waals surface area (Å²) in [6.45, 7) is 1.34. The molecule has 8 nitrogen and oxygen atoms in total. The Kier molecular flexibility index (Phi) is 6.56. The number of thiocarbonyl (C=S) groups is 1. The van der Waals surface area contributed by atoms with Crippen LogP contribution in [0.4, 0.5) is 0 Å². The fraction of sp³-hybridized carbons (Fsp3) is 0.105. The highest BCUT2D eigenvalue weighted by Gasteiger charge is 2.35. The van der Waals surface area contributed by atoms with E-state index >= 15 is 0 Å². The highest BCUT2D eigenvalue weighted by molar-refractivity contribution is 8.26. The van der Waals surface area contributed by atoms with Crippen molar-refractivity contribution in [2.75, 3.05) is 6.61 Å². The van der Waals surface area contributed by atoms with Gasteiger partial charge in [0.05, 0.1) is 9.80 Å². The predicted molar refractivity (Wildman–Crippen MR) is 116 cm³/mol. The maximum Gasteiger partial charge on any atom is 0.341 e. The van der Waals surface area contributed by atoms with Crippen molar-refractivity contribution in [2.45, 2.75) is 11.8 Å². The van der Waals surface area contributed by atoms with E-state index in [1.54, 1.807) is 36.4 Å². The van der Waals surface area contributed by atoms with E-state index in [0.29, 0.717) is 11.3 Å². The number of aliphatic carboxylic acids is 1. The van der Waals surface area contributed by atoms with E-state index in [9.17, 15) is 18.0 Å². The van der Waals surface area contributed by atoms with E-state index in [1.165, 1.54) is 18.2 Å². The minimum Gasteiger partial charge on any atom is -0.482 e. The van der Waals surface area contributed by atoms with Gasteiger partial charge in [0.1, 0.15) is 5.75 Å². The number of hydrogen-bond acceptors (Lipinski definition) is 7. The van der Waals surface area contributed by atoms with Crippen LogP contribution in [0.3, 0.4) is 0 Å². The molecule has 0 aromatic heterocycles. The lowest BCUT2D eigenvalue weighted by atomic mass is 10.2. The Bertz CT molecular complexity index is 1140. The van der Waals surface area contributed by atoms with Crippen LogP contribution >= 0.6 is 24.0 Å². The summed E-state index contributed by atoms with van der Waals surface area (Å²) in [4.78, 5) is 25.8. The summed E-state index contributed by atoms with van der Waals surface area (Å²) in [7, 11) is -3.99. The first-order valence-electron chi connectivity index (χ1n) is 8.47. The summed E-state index contributed by atoms with van der Waals surface area (Å²) in [5.74, 6) is -1.40. The zero-order valence-corrected chi connectivity index (χ0v) is 18.0. The number of rotatable bonds is 7. The van der Waals surface area contributed by atoms with Crippen molar-refractivity contribution in [1.29, 1.82) is 0 Å². The van der Waals surface area contributed by atoms with Crippen LogP contribution in [-0.4, -0.2) is 41.3 Å². The molecule has 0 bridgehead atoms. The Balaban J connectivity index is 1.78. The van der Waals surface area contributed by atoms with Gasteiger partial charge in [-0.2, -0.15) is 0 Å². The standard InChI is InChI=1S/C19H16N2O6S3/c1-12-5-7-15(8-6-12)30(25,26)20-21-18(24)16(29-19(21)28)10-13-3-2-4-14(9-13)27-11-17(22)23/h2-10,20H,11H2,1H3,(H,22,23)/b16-10+. The van der Waals surface area contributed by atoms with Gasteiger partial charge in [0.15, 0.2) is 10.9 Å². The van der Waals surface area contributed by atoms with Gasteiger partial charge in [0, 0.05) is 0 Å². The van der Waals surface area contributed by atoms with Gasteiger partial charge in [-0.05, 0) is 42.8 Å². The van der Waals surface area contributed by atoms with Crippen LogP contribution in [0.15, 0.2) is 58.3 Å². The lowest BCUT2D eigenvalue weighted by molar-refractivity contribution is -0.139. The van der Waals surface area contributed by atoms with Crippen molar-refractivity contribution >= 4 is 56.3 Å². The van der Waals surface area contributed by atoms with E-state index in [4.69, 9.17) is 22.1 Å². The molecule has 0 atom stereocenters. The Morgan fingerprint density at radius 1 is 1.27 bits per heavy atom. The number of amides is 1. The predicted octanol–water partition coefficient (Wildman–Crippen LogP) is 2.55. The first kappa shape index (κ1) is 22.0. The molecule has 2 aromatic carbocycles. The second-order valence-electron chi connectivity index (χ2n) is 6.18. The zero-order chi connectivity index (χ0) is 21.9. The number of carbonyl (C=O) groups is 2. The molecule has 1 fully saturated rings. The Morgan fingerprint density at radius 2 is 1.97 bits per heavy atom. The molecule has 1 aliphatic rings. The molecule has 0 radical (unpaired) electrons. The van der Waals surface area contributed by atoms with E-state index < -0.39 is 28.5 Å². The Morgan fingerprint density at radius 3 is 2.63 bits per heavy atom. The number of carboxylic acids is 1. The smallest absolute Gasteiger partial charge is 0.341 e. The Hall–Kier alpha value is -2.73. The van der Waals surface area contributed by atoms with Crippen molar-refractivity contribution in [2.24, 2.45) is 0 Å². The number of sulfonamides is 1. The van der Waals surface area contributed by atoms with E-state index in [-0.39, 0.29) is 14.1 Å². The fourth-order valence-corrected chi connectivity index (χ4v) is 4.74. The van der Waals surface area contributed by atoms with Crippen LogP contribution in [0.25, 0.3) is 6.08 Å². The number of carbonyl (C=O) groups excluding carboxylic acids is 1. The highest BCUT2D eigenvalue weighted by atomic mass is 32.2. The first-order chi connectivity index (χ1) is 14.2. The van der Waals surface area contributed by atoms with Crippen molar-refractivity contribution in [3.8, 4) is 5.75 Å². The van der Waals surface area contributed by atoms with Crippen LogP contribution < -0.4 is 9.57 Å². The molecule has 1 heterocycles. The number of hydrogen-bond donors (Lipinski definition) is 2. The molecule has 2 N–H and O–H groups in total. The normalized spacial score (nSPS) is 15.6. The highest BCUT2D eigenvalue weighted by Crippen LogP contribution is 2.32. The van der Waals surface area contributed by atoms with Crippen molar-refractivity contribution in [1.82, 2.24) is 9.84 Å². The van der Waals surface area contributed by atoms with Crippen LogP contribution in [0, 0.1) is 6.92 Å². The van der Waals surface area contributed by atoms with Crippen molar-refractivity contribution < 1.29 is 27.9 Å². The lowest BCUT2D eigenvalue weighted by Gasteiger charge is -2.16. The molecule has 30 heavy (non-hydrogen) atoms. The second kappa shape index (κ2) is 8.96. The number of benzene rings is 2. The van der Waals surface area contributed by atoms with Crippen LogP contribution in [0.1, 0.15) is 11.1 Å². The average molecular weight is 465 g/mol. The van der Waals surface area contributed by atoms with Gasteiger partial charge in [-0.25, -0.2) is 18.2 Å². The molecule has 0 unspecified atom stereocenters. The molecule has 0 aliphatic carbocycles. The molecule has 0 spiro atoms. The summed E-state index contributed by atoms with van der Waals surface area (Å²) in [6, 6.07) is 12.7. The number of carboxylic acid groups (broad SMARTS) is 1. The average Bonchev–Trinajstić information content (AvgIpc) is 2.94. The van der Waals surface area contributed by atoms with Crippen molar-refractivity contribution in [3.63, 3.8) is 0 Å². The van der Waals surface area contributed by atoms with Gasteiger partial charge in [-0.1, -0.05) is 53.8 Å². The summed E-state index contributed by atoms with van der Waals surface area (Å²) in [5, 5.41) is 9.51. The van der Waals surface area contributed by atoms with Crippen molar-refractivity contribution in [3.05, 3.63) is 64.6 Å². The third kappa shape index (κ3) is 5.25. The molecule has 1 saturated heterocycles. The van der Waals surface area contributed by atoms with Crippen LogP contribution in [0.2, 0.25) is 0 Å². The number of ether oxygens (including phenoxy) is 1. The number of aryl methyl sites for hydroxylation is 1. The zero-order valence-electron chi connectivity index (χ0n) is 15.6. The molecule has 11 heteroatoms. The van der Waals surface area contributed by atoms with Gasteiger partial charge in [-0.3, -0.25) is 4.79 Å². The quantitative estimate of drug-likeness (QED) is 0.475. The minimum atomic E-state index is -3.99. The molecule has 1 aliphatic heterocycles. The molecular formula is C19H16N2O6S3. The maximum absolute atomic E-state index is 12.7. The summed E-state index contributed by atoms with van der Waals surface area (Å²) in [5.41, 5.74) is 1.47. The van der Waals surface area contributed by atoms with Gasteiger partial charge < -0.3 is 9.84 Å². The molecule has 0 saturated carbocycles. The van der Waals surface area contributed by atoms with Gasteiger partial charge >= 0.3 is 5.97 Å². The van der Waals surface area contributed by atoms with E-state index in [0.717, 1.165) is 22.3 Å². The number of nitrogens with zero attached hydrogens (tertiary/aromatic N) is 1. The van der Waals surface area contributed by atoms with Gasteiger partial charge in [-0.15, -0.1) is 4.83 Å². The maximum atomic E-state index is 12.7. The first-order valence-corrected chi connectivity index (χ1v) is 11.2. The van der Waals surface area contributed by atoms with Crippen LogP contribution in [-0.2, 0) is 19.6 Å². The second-order valence-corrected chi connectivity index (χ2v) is 9.52. The molecule has 2 aromatic rings. The van der Waals surface area contributed by atoms with E-state index in [1.807, 2.05) is 6.92 Å². The van der Waals surface area contributed by atoms with Gasteiger partial charge in [0.2, 0.25) is 0 Å². The third-order valence-electron chi connectivity index (χ3n) is 3.85. The fourth-order valence-electron chi connectivity index (χ4n) is 2.43. The monoisotopic (exact) mass is 464 g/mol. The van der Waals surface area contributed by atoms with Crippen LogP contribution in [0.5, 0.6) is 5.75 Å². The molecular weight excluding hydrogens is 448 g/mol. The van der Waals surface area contributed by atoms with E-state index in [2.05, 4.69) is 4.83 Å². The summed E-state index contributed by atoms with van der Waals surface area (Å²) in [6.07, 6.45) is 1.52. The largest absolute Gasteiger partial charge is 0.482 e.